The number of quaternary nitrogens is 1. The maximum absolute atomic E-state index is 5.57. The summed E-state index contributed by atoms with van der Waals surface area (Å²) in [5, 5.41) is 0. The molecule has 7 heavy (non-hydrogen) atoms. The van der Waals surface area contributed by atoms with Gasteiger partial charge in [0.25, 0.3) is 0 Å². The van der Waals surface area contributed by atoms with Crippen LogP contribution >= 0.6 is 35.2 Å². The average Bonchev–Trinajstić information content (AvgIpc) is 1.68. The first-order valence-electron chi connectivity index (χ1n) is 1.92. The zero-order valence-electron chi connectivity index (χ0n) is 4.26. The molecule has 0 radical (unpaired) electrons. The maximum Gasteiger partial charge on any atom is 0.147 e. The van der Waals surface area contributed by atoms with Crippen LogP contribution in [-0.2, 0) is 0 Å². The molecule has 0 bridgehead atoms. The van der Waals surface area contributed by atoms with Crippen LogP contribution in [0.3, 0.4) is 0 Å². The van der Waals surface area contributed by atoms with Gasteiger partial charge in [0, 0.05) is 0 Å². The lowest BCUT2D eigenvalue weighted by Gasteiger charge is -2.21. The Labute approximate surface area is 63.2 Å². The summed E-state index contributed by atoms with van der Waals surface area (Å²) in [5.74, 6) is 6.27. The molecule has 0 spiro atoms. The molecule has 2 N–H and O–H groups in total. The highest BCUT2D eigenvalue weighted by molar-refractivity contribution is 14.1. The Hall–Kier alpha value is 1.00. The maximum atomic E-state index is 5.57. The first-order valence-corrected chi connectivity index (χ1v) is 4.08. The molecule has 0 fully saturated rings. The Morgan fingerprint density at radius 1 is 1.86 bits per heavy atom. The number of hydrogen-bond acceptors (Lipinski definition) is 2. The fourth-order valence-corrected chi connectivity index (χ4v) is 0.761. The summed E-state index contributed by atoms with van der Waals surface area (Å²) in [5.41, 5.74) is 0. The number of thiol groups is 1. The highest BCUT2D eigenvalue weighted by atomic mass is 127. The van der Waals surface area contributed by atoms with Gasteiger partial charge in [-0.3, -0.25) is 0 Å². The van der Waals surface area contributed by atoms with Gasteiger partial charge in [-0.25, -0.2) is 4.59 Å². The van der Waals surface area contributed by atoms with Crippen molar-refractivity contribution >= 4 is 35.2 Å². The van der Waals surface area contributed by atoms with E-state index in [4.69, 9.17) is 5.84 Å². The minimum atomic E-state index is 0.490. The van der Waals surface area contributed by atoms with Crippen molar-refractivity contribution in [2.75, 3.05) is 17.5 Å². The molecule has 0 aromatic carbocycles. The molecular weight excluding hydrogens is 223 g/mol. The van der Waals surface area contributed by atoms with E-state index in [1.165, 1.54) is 0 Å². The van der Waals surface area contributed by atoms with Crippen molar-refractivity contribution in [1.29, 1.82) is 0 Å². The van der Waals surface area contributed by atoms with Gasteiger partial charge >= 0.3 is 0 Å². The van der Waals surface area contributed by atoms with Crippen LogP contribution in [-0.4, -0.2) is 22.1 Å². The van der Waals surface area contributed by atoms with Gasteiger partial charge in [0.05, 0.1) is 7.05 Å². The Balaban J connectivity index is 3.36. The van der Waals surface area contributed by atoms with Gasteiger partial charge < -0.3 is 0 Å². The second-order valence-corrected chi connectivity index (χ2v) is 2.71. The van der Waals surface area contributed by atoms with E-state index in [9.17, 15) is 0 Å². The summed E-state index contributed by atoms with van der Waals surface area (Å²) < 4.78 is 1.39. The molecule has 0 aliphatic heterocycles. The van der Waals surface area contributed by atoms with Crippen molar-refractivity contribution in [3.63, 3.8) is 0 Å². The molecule has 0 heterocycles. The Morgan fingerprint density at radius 3 is 2.29 bits per heavy atom. The molecule has 1 atom stereocenters. The molecule has 0 saturated carbocycles. The highest BCUT2D eigenvalue weighted by Crippen LogP contribution is 1.97. The highest BCUT2D eigenvalue weighted by Gasteiger charge is 2.08. The second-order valence-electron chi connectivity index (χ2n) is 1.74. The Bertz CT molecular complexity index is 50.9. The minimum Gasteiger partial charge on any atom is -0.234 e. The lowest BCUT2D eigenvalue weighted by Crippen LogP contribution is -2.48. The van der Waals surface area contributed by atoms with Crippen molar-refractivity contribution in [1.82, 2.24) is 0 Å². The van der Waals surface area contributed by atoms with Gasteiger partial charge in [0.1, 0.15) is 10.4 Å². The predicted octanol–water partition coefficient (Wildman–Crippen LogP) is 0.587. The lowest BCUT2D eigenvalue weighted by molar-refractivity contribution is -0.893. The summed E-state index contributed by atoms with van der Waals surface area (Å²) in [7, 11) is 1.93. The van der Waals surface area contributed by atoms with Crippen molar-refractivity contribution in [3.8, 4) is 0 Å². The van der Waals surface area contributed by atoms with Gasteiger partial charge in [-0.2, -0.15) is 5.84 Å². The van der Waals surface area contributed by atoms with Crippen molar-refractivity contribution < 1.29 is 4.59 Å². The minimum absolute atomic E-state index is 0.490. The first-order chi connectivity index (χ1) is 3.12. The van der Waals surface area contributed by atoms with E-state index in [2.05, 4.69) is 35.2 Å². The largest absolute Gasteiger partial charge is 0.234 e. The van der Waals surface area contributed by atoms with Crippen LogP contribution in [0.5, 0.6) is 0 Å². The van der Waals surface area contributed by atoms with E-state index >= 15 is 0 Å². The van der Waals surface area contributed by atoms with Crippen molar-refractivity contribution in [2.24, 2.45) is 5.84 Å². The van der Waals surface area contributed by atoms with Gasteiger partial charge in [0.2, 0.25) is 0 Å². The summed E-state index contributed by atoms with van der Waals surface area (Å²) >= 11 is 6.25. The lowest BCUT2D eigenvalue weighted by atomic mass is 10.9. The molecule has 0 rings (SSSR count). The van der Waals surface area contributed by atoms with Crippen LogP contribution in [0.2, 0.25) is 0 Å². The van der Waals surface area contributed by atoms with E-state index in [1.807, 2.05) is 7.05 Å². The van der Waals surface area contributed by atoms with E-state index in [1.54, 1.807) is 0 Å². The van der Waals surface area contributed by atoms with Crippen LogP contribution in [0.25, 0.3) is 0 Å². The van der Waals surface area contributed by atoms with E-state index < -0.39 is 0 Å². The van der Waals surface area contributed by atoms with Crippen LogP contribution in [0.15, 0.2) is 0 Å². The van der Waals surface area contributed by atoms with E-state index in [0.29, 0.717) is 10.5 Å². The SMILES string of the molecule is C[N+](N)(CS)CI. The van der Waals surface area contributed by atoms with Crippen LogP contribution in [0, 0.1) is 0 Å². The number of hydrogen-bond donors (Lipinski definition) is 2. The molecule has 0 aromatic rings. The number of alkyl halides is 1. The zero-order valence-corrected chi connectivity index (χ0v) is 7.32. The second kappa shape index (κ2) is 3.11. The van der Waals surface area contributed by atoms with Crippen molar-refractivity contribution in [3.05, 3.63) is 0 Å². The number of nitrogens with zero attached hydrogens (tertiary/aromatic N) is 1. The summed E-state index contributed by atoms with van der Waals surface area (Å²) in [6.45, 7) is 0. The number of nitrogens with two attached hydrogens (primary N) is 1. The molecule has 44 valence electrons. The molecule has 0 amide bonds. The normalized spacial score (nSPS) is 18.9. The fourth-order valence-electron chi connectivity index (χ4n) is 0.0378. The van der Waals surface area contributed by atoms with Crippen LogP contribution in [0.1, 0.15) is 0 Å². The van der Waals surface area contributed by atoms with Crippen molar-refractivity contribution in [2.45, 2.75) is 0 Å². The standard InChI is InChI=1S/C3H9IN2S/c1-6(5,2-4)3-7/h2-3,5H2,1H3/p+1. The van der Waals surface area contributed by atoms with Crippen LogP contribution < -0.4 is 5.84 Å². The molecule has 0 saturated heterocycles. The molecule has 0 aromatic heterocycles. The van der Waals surface area contributed by atoms with Gasteiger partial charge in [-0.05, 0) is 22.6 Å². The predicted molar refractivity (Wildman–Crippen MR) is 43.1 cm³/mol. The Morgan fingerprint density at radius 2 is 2.29 bits per heavy atom. The number of rotatable bonds is 2. The number of halogens is 1. The van der Waals surface area contributed by atoms with Gasteiger partial charge in [-0.15, -0.1) is 12.6 Å². The first kappa shape index (κ1) is 8.00. The Kier molecular flexibility index (Phi) is 3.56. The van der Waals surface area contributed by atoms with Gasteiger partial charge in [-0.1, -0.05) is 0 Å². The smallest absolute Gasteiger partial charge is 0.147 e. The summed E-state index contributed by atoms with van der Waals surface area (Å²) in [6, 6.07) is 0. The molecule has 2 nitrogen and oxygen atoms in total. The molecule has 0 aliphatic carbocycles. The van der Waals surface area contributed by atoms with Crippen LogP contribution in [0.4, 0.5) is 0 Å². The molecule has 4 heteroatoms. The topological polar surface area (TPSA) is 26.0 Å². The third-order valence-corrected chi connectivity index (χ3v) is 2.80. The summed E-state index contributed by atoms with van der Waals surface area (Å²) in [4.78, 5) is 0. The van der Waals surface area contributed by atoms with E-state index in [0.717, 1.165) is 4.55 Å². The fraction of sp³-hybridized carbons (Fsp3) is 1.00. The third kappa shape index (κ3) is 3.57. The average molecular weight is 233 g/mol. The van der Waals surface area contributed by atoms with E-state index in [-0.39, 0.29) is 0 Å². The molecule has 0 aliphatic rings. The summed E-state index contributed by atoms with van der Waals surface area (Å²) in [6.07, 6.45) is 0. The van der Waals surface area contributed by atoms with Gasteiger partial charge in [0.15, 0.2) is 0 Å². The zero-order chi connectivity index (χ0) is 5.91. The molecule has 1 unspecified atom stereocenters. The monoisotopic (exact) mass is 233 g/mol. The quantitative estimate of drug-likeness (QED) is 0.105. The molecular formula is C3H10IN2S+. The third-order valence-electron chi connectivity index (χ3n) is 0.596.